The zero-order chi connectivity index (χ0) is 32.1. The Labute approximate surface area is 272 Å². The van der Waals surface area contributed by atoms with Crippen molar-refractivity contribution in [2.75, 3.05) is 45.4 Å². The van der Waals surface area contributed by atoms with Gasteiger partial charge in [0.15, 0.2) is 12.4 Å². The third-order valence-electron chi connectivity index (χ3n) is 8.36. The predicted octanol–water partition coefficient (Wildman–Crippen LogP) is 9.41. The first-order chi connectivity index (χ1) is 21.4. The maximum atomic E-state index is 12.3. The van der Waals surface area contributed by atoms with E-state index < -0.39 is 7.82 Å². The largest absolute Gasteiger partial charge is 0.756 e. The lowest BCUT2D eigenvalue weighted by molar-refractivity contribution is -0.697. The number of hydrogen-bond donors (Lipinski definition) is 0. The van der Waals surface area contributed by atoms with E-state index in [0.29, 0.717) is 6.61 Å². The molecule has 1 aromatic rings. The highest BCUT2D eigenvalue weighted by Gasteiger charge is 2.15. The normalized spacial score (nSPS) is 13.7. The van der Waals surface area contributed by atoms with E-state index in [1.54, 1.807) is 0 Å². The summed E-state index contributed by atoms with van der Waals surface area (Å²) in [4.78, 5) is 14.4. The molecule has 7 nitrogen and oxygen atoms in total. The first-order valence-corrected chi connectivity index (χ1v) is 19.7. The zero-order valence-electron chi connectivity index (χ0n) is 29.2. The lowest BCUT2D eigenvalue weighted by Crippen LogP contribution is -2.32. The molecule has 8 heteroatoms. The van der Waals surface area contributed by atoms with Crippen molar-refractivity contribution in [2.24, 2.45) is 5.92 Å². The molecule has 0 aliphatic heterocycles. The van der Waals surface area contributed by atoms with E-state index in [-0.39, 0.29) is 19.1 Å². The van der Waals surface area contributed by atoms with Crippen LogP contribution in [-0.2, 0) is 24.9 Å². The van der Waals surface area contributed by atoms with Crippen molar-refractivity contribution in [1.29, 1.82) is 0 Å². The molecule has 0 saturated heterocycles. The summed E-state index contributed by atoms with van der Waals surface area (Å²) in [6.07, 6.45) is 29.9. The van der Waals surface area contributed by atoms with Gasteiger partial charge >= 0.3 is 0 Å². The summed E-state index contributed by atoms with van der Waals surface area (Å²) in [6, 6.07) is 4.25. The van der Waals surface area contributed by atoms with Gasteiger partial charge in [-0.3, -0.25) is 4.57 Å². The highest BCUT2D eigenvalue weighted by molar-refractivity contribution is 7.45. The summed E-state index contributed by atoms with van der Waals surface area (Å²) < 4.78 is 30.7. The number of phosphoric acid groups is 1. The van der Waals surface area contributed by atoms with E-state index in [1.807, 2.05) is 14.1 Å². The minimum Gasteiger partial charge on any atom is -0.756 e. The van der Waals surface area contributed by atoms with Gasteiger partial charge in [0.2, 0.25) is 0 Å². The summed E-state index contributed by atoms with van der Waals surface area (Å²) in [6.45, 7) is 6.99. The fourth-order valence-corrected chi connectivity index (χ4v) is 6.33. The van der Waals surface area contributed by atoms with Crippen molar-refractivity contribution in [3.05, 3.63) is 24.5 Å². The molecule has 0 N–H and O–H groups in total. The second-order valence-corrected chi connectivity index (χ2v) is 14.3. The molecule has 1 rings (SSSR count). The number of hydrogen-bond acceptors (Lipinski definition) is 6. The lowest BCUT2D eigenvalue weighted by Gasteiger charge is -2.25. The third kappa shape index (κ3) is 24.3. The maximum Gasteiger partial charge on any atom is 0.267 e. The van der Waals surface area contributed by atoms with Gasteiger partial charge in [0.25, 0.3) is 7.82 Å². The highest BCUT2D eigenvalue weighted by atomic mass is 31.2. The van der Waals surface area contributed by atoms with Gasteiger partial charge in [-0.1, -0.05) is 117 Å². The summed E-state index contributed by atoms with van der Waals surface area (Å²) in [5.74, 6) is 0.0782. The number of phosphoric ester groups is 1. The molecule has 0 fully saturated rings. The third-order valence-corrected chi connectivity index (χ3v) is 9.33. The monoisotopic (exact) mass is 640 g/mol. The van der Waals surface area contributed by atoms with E-state index in [4.69, 9.17) is 13.8 Å². The first kappa shape index (κ1) is 41.0. The average Bonchev–Trinajstić information content (AvgIpc) is 3.01. The Morgan fingerprint density at radius 1 is 0.682 bits per heavy atom. The zero-order valence-corrected chi connectivity index (χ0v) is 30.0. The van der Waals surface area contributed by atoms with E-state index >= 15 is 0 Å². The molecule has 0 saturated carbocycles. The van der Waals surface area contributed by atoms with Crippen molar-refractivity contribution < 1.29 is 27.8 Å². The topological polar surface area (TPSA) is 74.9 Å². The Morgan fingerprint density at radius 3 is 1.70 bits per heavy atom. The summed E-state index contributed by atoms with van der Waals surface area (Å²) >= 11 is 0. The molecular weight excluding hydrogens is 571 g/mol. The van der Waals surface area contributed by atoms with E-state index in [0.717, 1.165) is 64.5 Å². The molecule has 1 aromatic heterocycles. The van der Waals surface area contributed by atoms with Crippen molar-refractivity contribution in [3.63, 3.8) is 0 Å². The number of unbranched alkanes of at least 4 members (excludes halogenated alkanes) is 17. The number of aryl methyl sites for hydroxylation is 1. The summed E-state index contributed by atoms with van der Waals surface area (Å²) in [5, 5.41) is 0. The van der Waals surface area contributed by atoms with Crippen LogP contribution in [0, 0.1) is 5.92 Å². The van der Waals surface area contributed by atoms with Crippen LogP contribution in [-0.4, -0.2) is 40.5 Å². The van der Waals surface area contributed by atoms with Crippen LogP contribution in [0.5, 0.6) is 0 Å². The highest BCUT2D eigenvalue weighted by Crippen LogP contribution is 2.39. The average molecular weight is 641 g/mol. The van der Waals surface area contributed by atoms with Gasteiger partial charge in [0.05, 0.1) is 19.8 Å². The van der Waals surface area contributed by atoms with Gasteiger partial charge in [0.1, 0.15) is 6.54 Å². The van der Waals surface area contributed by atoms with Crippen LogP contribution < -0.4 is 14.4 Å². The number of ether oxygens (including phenoxy) is 1. The Hall–Kier alpha value is -0.980. The number of anilines is 1. The molecular formula is C36H69N2O5P. The molecule has 0 aromatic carbocycles. The van der Waals surface area contributed by atoms with Crippen molar-refractivity contribution in [1.82, 2.24) is 0 Å². The standard InChI is InChI=1S/C36H69N2O5P/c1-5-7-8-9-10-11-12-13-14-15-16-17-20-23-31-41-33-35(25-6-2)34-43-44(39,40)42-32-24-21-18-19-22-28-38-29-26-36(27-30-38)37(3)4/h26-27,29-30,35H,5-25,28,31-34H2,1-4H3. The fraction of sp³-hybridized carbons (Fsp3) is 0.861. The Bertz CT molecular complexity index is 808. The quantitative estimate of drug-likeness (QED) is 0.0444. The Kier molecular flexibility index (Phi) is 26.4. The molecule has 0 bridgehead atoms. The maximum absolute atomic E-state index is 12.3. The smallest absolute Gasteiger partial charge is 0.267 e. The van der Waals surface area contributed by atoms with Crippen LogP contribution in [0.4, 0.5) is 5.69 Å². The van der Waals surface area contributed by atoms with Gasteiger partial charge in [0, 0.05) is 50.9 Å². The van der Waals surface area contributed by atoms with Gasteiger partial charge in [-0.2, -0.15) is 0 Å². The number of rotatable bonds is 32. The molecule has 2 unspecified atom stereocenters. The first-order valence-electron chi connectivity index (χ1n) is 18.2. The van der Waals surface area contributed by atoms with Crippen molar-refractivity contribution in [2.45, 2.75) is 155 Å². The molecule has 0 radical (unpaired) electrons. The van der Waals surface area contributed by atoms with E-state index in [9.17, 15) is 9.46 Å². The second kappa shape index (κ2) is 28.3. The molecule has 258 valence electrons. The van der Waals surface area contributed by atoms with E-state index in [1.165, 1.54) is 89.2 Å². The van der Waals surface area contributed by atoms with Crippen molar-refractivity contribution >= 4 is 13.5 Å². The second-order valence-electron chi connectivity index (χ2n) is 12.9. The molecule has 0 aliphatic carbocycles. The van der Waals surface area contributed by atoms with Gasteiger partial charge in [-0.05, 0) is 25.7 Å². The number of nitrogens with zero attached hydrogens (tertiary/aromatic N) is 2. The number of aromatic nitrogens is 1. The molecule has 0 amide bonds. The van der Waals surface area contributed by atoms with Crippen LogP contribution >= 0.6 is 7.82 Å². The van der Waals surface area contributed by atoms with Crippen LogP contribution in [0.2, 0.25) is 0 Å². The minimum atomic E-state index is -4.27. The number of pyridine rings is 1. The minimum absolute atomic E-state index is 0.0782. The van der Waals surface area contributed by atoms with Crippen LogP contribution in [0.1, 0.15) is 149 Å². The van der Waals surface area contributed by atoms with Crippen LogP contribution in [0.3, 0.4) is 0 Å². The summed E-state index contributed by atoms with van der Waals surface area (Å²) in [7, 11) is -0.183. The SMILES string of the molecule is CCCCCCCCCCCCCCCCOCC(CCC)COP(=O)([O-])OCCCCCCC[n+]1ccc(N(C)C)cc1. The molecule has 2 atom stereocenters. The van der Waals surface area contributed by atoms with Crippen LogP contribution in [0.25, 0.3) is 0 Å². The predicted molar refractivity (Wildman–Crippen MR) is 183 cm³/mol. The molecule has 1 heterocycles. The lowest BCUT2D eigenvalue weighted by atomic mass is 10.0. The Balaban J connectivity index is 1.98. The summed E-state index contributed by atoms with van der Waals surface area (Å²) in [5.41, 5.74) is 1.20. The van der Waals surface area contributed by atoms with Gasteiger partial charge in [-0.15, -0.1) is 0 Å². The fourth-order valence-electron chi connectivity index (χ4n) is 5.51. The molecule has 0 aliphatic rings. The van der Waals surface area contributed by atoms with E-state index in [2.05, 4.69) is 47.8 Å². The van der Waals surface area contributed by atoms with Crippen LogP contribution in [0.15, 0.2) is 24.5 Å². The molecule has 0 spiro atoms. The van der Waals surface area contributed by atoms with Gasteiger partial charge < -0.3 is 23.6 Å². The molecule has 44 heavy (non-hydrogen) atoms. The van der Waals surface area contributed by atoms with Crippen molar-refractivity contribution in [3.8, 4) is 0 Å². The van der Waals surface area contributed by atoms with Gasteiger partial charge in [-0.25, -0.2) is 4.57 Å². The Morgan fingerprint density at radius 2 is 1.18 bits per heavy atom.